The van der Waals surface area contributed by atoms with Crippen molar-refractivity contribution in [2.45, 2.75) is 32.9 Å². The van der Waals surface area contributed by atoms with Crippen LogP contribution in [0.15, 0.2) is 83.9 Å². The van der Waals surface area contributed by atoms with Gasteiger partial charge in [-0.05, 0) is 47.7 Å². The lowest BCUT2D eigenvalue weighted by atomic mass is 10.0. The van der Waals surface area contributed by atoms with Crippen molar-refractivity contribution in [2.75, 3.05) is 0 Å². The third-order valence-electron chi connectivity index (χ3n) is 6.22. The van der Waals surface area contributed by atoms with Crippen LogP contribution in [-0.4, -0.2) is 14.1 Å². The molecule has 0 aliphatic rings. The summed E-state index contributed by atoms with van der Waals surface area (Å²) in [5.74, 6) is -0.184. The molecule has 4 nitrogen and oxygen atoms in total. The number of rotatable bonds is 5. The fraction of sp³-hybridized carbons (Fsp3) is 0.185. The topological polar surface area (TPSA) is 39.8 Å². The summed E-state index contributed by atoms with van der Waals surface area (Å²) in [5, 5.41) is 0.661. The van der Waals surface area contributed by atoms with E-state index in [1.807, 2.05) is 34.9 Å². The minimum Gasteiger partial charge on any atom is -0.330 e. The maximum absolute atomic E-state index is 14.1. The van der Waals surface area contributed by atoms with Gasteiger partial charge in [0.25, 0.3) is 5.56 Å². The lowest BCUT2D eigenvalue weighted by Crippen LogP contribution is -2.24. The Kier molecular flexibility index (Phi) is 5.10. The van der Waals surface area contributed by atoms with E-state index in [0.717, 1.165) is 16.6 Å². The number of benzene rings is 3. The van der Waals surface area contributed by atoms with Crippen LogP contribution in [0.3, 0.4) is 0 Å². The smallest absolute Gasteiger partial charge is 0.277 e. The van der Waals surface area contributed by atoms with Crippen LogP contribution in [-0.2, 0) is 13.1 Å². The van der Waals surface area contributed by atoms with Crippen molar-refractivity contribution in [1.82, 2.24) is 14.1 Å². The molecule has 0 amide bonds. The molecule has 0 saturated carbocycles. The zero-order valence-electron chi connectivity index (χ0n) is 18.1. The van der Waals surface area contributed by atoms with Gasteiger partial charge in [-0.1, -0.05) is 61.5 Å². The molecule has 0 fully saturated rings. The molecule has 0 bridgehead atoms. The summed E-state index contributed by atoms with van der Waals surface area (Å²) in [5.41, 5.74) is 5.18. The van der Waals surface area contributed by atoms with Gasteiger partial charge in [-0.15, -0.1) is 0 Å². The van der Waals surface area contributed by atoms with Crippen molar-refractivity contribution >= 4 is 21.9 Å². The summed E-state index contributed by atoms with van der Waals surface area (Å²) >= 11 is 0. The summed E-state index contributed by atoms with van der Waals surface area (Å²) in [4.78, 5) is 18.3. The number of hydrogen-bond acceptors (Lipinski definition) is 2. The zero-order valence-corrected chi connectivity index (χ0v) is 18.1. The van der Waals surface area contributed by atoms with Crippen molar-refractivity contribution in [3.05, 3.63) is 112 Å². The zero-order chi connectivity index (χ0) is 22.2. The number of nitrogens with zero attached hydrogens (tertiary/aromatic N) is 3. The third-order valence-corrected chi connectivity index (χ3v) is 6.22. The van der Waals surface area contributed by atoms with Crippen LogP contribution in [0.5, 0.6) is 0 Å². The standard InChI is InChI=1S/C27H24FN3O/c1-18-8-6-7-11-21(18)16-31-24-13-12-22(28)14-23(24)25-26(31)27(32)30(17-29-25)15-19(2)20-9-4-3-5-10-20/h3-14,17,19H,15-16H2,1-2H3/t19-/m1/s1. The van der Waals surface area contributed by atoms with Crippen LogP contribution in [0, 0.1) is 12.7 Å². The van der Waals surface area contributed by atoms with Crippen LogP contribution in [0.1, 0.15) is 29.5 Å². The first kappa shape index (κ1) is 20.2. The van der Waals surface area contributed by atoms with Crippen molar-refractivity contribution in [1.29, 1.82) is 0 Å². The Balaban J connectivity index is 1.69. The number of halogens is 1. The Morgan fingerprint density at radius 3 is 2.53 bits per heavy atom. The molecule has 0 aliphatic carbocycles. The summed E-state index contributed by atoms with van der Waals surface area (Å²) in [7, 11) is 0. The van der Waals surface area contributed by atoms with E-state index in [4.69, 9.17) is 0 Å². The first-order valence-electron chi connectivity index (χ1n) is 10.8. The molecule has 2 heterocycles. The molecule has 5 heteroatoms. The summed E-state index contributed by atoms with van der Waals surface area (Å²) in [6.07, 6.45) is 1.59. The fourth-order valence-corrected chi connectivity index (χ4v) is 4.41. The number of aryl methyl sites for hydroxylation is 1. The highest BCUT2D eigenvalue weighted by molar-refractivity contribution is 6.05. The molecule has 0 spiro atoms. The van der Waals surface area contributed by atoms with Crippen LogP contribution >= 0.6 is 0 Å². The van der Waals surface area contributed by atoms with Crippen LogP contribution in [0.2, 0.25) is 0 Å². The third kappa shape index (κ3) is 3.50. The molecule has 0 aliphatic heterocycles. The van der Waals surface area contributed by atoms with Gasteiger partial charge >= 0.3 is 0 Å². The van der Waals surface area contributed by atoms with Gasteiger partial charge in [0.1, 0.15) is 16.9 Å². The lowest BCUT2D eigenvalue weighted by Gasteiger charge is -2.14. The van der Waals surface area contributed by atoms with Gasteiger partial charge in [0.05, 0.1) is 11.8 Å². The quantitative estimate of drug-likeness (QED) is 0.365. The number of aromatic nitrogens is 3. The van der Waals surface area contributed by atoms with Crippen molar-refractivity contribution in [2.24, 2.45) is 0 Å². The molecular formula is C27H24FN3O. The molecule has 3 aromatic carbocycles. The average molecular weight is 426 g/mol. The molecule has 160 valence electrons. The highest BCUT2D eigenvalue weighted by atomic mass is 19.1. The molecule has 0 saturated heterocycles. The van der Waals surface area contributed by atoms with E-state index in [1.165, 1.54) is 17.7 Å². The van der Waals surface area contributed by atoms with Gasteiger partial charge in [-0.3, -0.25) is 9.36 Å². The second-order valence-corrected chi connectivity index (χ2v) is 8.39. The molecule has 0 N–H and O–H groups in total. The molecule has 5 rings (SSSR count). The largest absolute Gasteiger partial charge is 0.330 e. The molecule has 5 aromatic rings. The van der Waals surface area contributed by atoms with Crippen molar-refractivity contribution in [3.8, 4) is 0 Å². The molecular weight excluding hydrogens is 401 g/mol. The molecule has 0 unspecified atom stereocenters. The highest BCUT2D eigenvalue weighted by Gasteiger charge is 2.19. The highest BCUT2D eigenvalue weighted by Crippen LogP contribution is 2.28. The minimum absolute atomic E-state index is 0.108. The van der Waals surface area contributed by atoms with Crippen LogP contribution in [0.25, 0.3) is 21.9 Å². The van der Waals surface area contributed by atoms with Gasteiger partial charge < -0.3 is 4.57 Å². The first-order valence-corrected chi connectivity index (χ1v) is 10.8. The van der Waals surface area contributed by atoms with Gasteiger partial charge in [-0.25, -0.2) is 9.37 Å². The van der Waals surface area contributed by atoms with Gasteiger partial charge in [0.2, 0.25) is 0 Å². The number of fused-ring (bicyclic) bond motifs is 3. The molecule has 0 radical (unpaired) electrons. The van der Waals surface area contributed by atoms with E-state index in [1.54, 1.807) is 17.0 Å². The summed E-state index contributed by atoms with van der Waals surface area (Å²) < 4.78 is 17.7. The van der Waals surface area contributed by atoms with Crippen molar-refractivity contribution < 1.29 is 4.39 Å². The van der Waals surface area contributed by atoms with Gasteiger partial charge in [-0.2, -0.15) is 0 Å². The van der Waals surface area contributed by atoms with Gasteiger partial charge in [0.15, 0.2) is 0 Å². The SMILES string of the molecule is Cc1ccccc1Cn1c2ccc(F)cc2c2ncn(C[C@@H](C)c3ccccc3)c(=O)c21. The minimum atomic E-state index is -0.337. The second kappa shape index (κ2) is 8.08. The monoisotopic (exact) mass is 425 g/mol. The predicted octanol–water partition coefficient (Wildman–Crippen LogP) is 5.65. The maximum atomic E-state index is 14.1. The molecule has 1 atom stereocenters. The first-order chi connectivity index (χ1) is 15.5. The number of hydrogen-bond donors (Lipinski definition) is 0. The Morgan fingerprint density at radius 2 is 1.75 bits per heavy atom. The maximum Gasteiger partial charge on any atom is 0.277 e. The van der Waals surface area contributed by atoms with E-state index in [9.17, 15) is 9.18 Å². The summed E-state index contributed by atoms with van der Waals surface area (Å²) in [6.45, 7) is 5.20. The Morgan fingerprint density at radius 1 is 1.00 bits per heavy atom. The second-order valence-electron chi connectivity index (χ2n) is 8.39. The van der Waals surface area contributed by atoms with E-state index in [2.05, 4.69) is 43.1 Å². The summed E-state index contributed by atoms with van der Waals surface area (Å²) in [6, 6.07) is 22.9. The Labute approximate surface area is 185 Å². The average Bonchev–Trinajstić information content (AvgIpc) is 3.11. The van der Waals surface area contributed by atoms with E-state index in [-0.39, 0.29) is 17.3 Å². The normalized spacial score (nSPS) is 12.5. The van der Waals surface area contributed by atoms with E-state index in [0.29, 0.717) is 29.5 Å². The Bertz CT molecular complexity index is 1480. The molecule has 32 heavy (non-hydrogen) atoms. The molecule has 2 aromatic heterocycles. The Hall–Kier alpha value is -3.73. The van der Waals surface area contributed by atoms with Gasteiger partial charge in [0, 0.05) is 18.5 Å². The van der Waals surface area contributed by atoms with Crippen molar-refractivity contribution in [3.63, 3.8) is 0 Å². The fourth-order valence-electron chi connectivity index (χ4n) is 4.41. The lowest BCUT2D eigenvalue weighted by molar-refractivity contribution is 0.575. The van der Waals surface area contributed by atoms with E-state index >= 15 is 0 Å². The van der Waals surface area contributed by atoms with E-state index < -0.39 is 0 Å². The van der Waals surface area contributed by atoms with Crippen LogP contribution < -0.4 is 5.56 Å². The van der Waals surface area contributed by atoms with Crippen LogP contribution in [0.4, 0.5) is 4.39 Å². The predicted molar refractivity (Wildman–Crippen MR) is 127 cm³/mol.